The molecular formula is C21H17ClN2OS. The molecule has 2 heterocycles. The second-order valence-corrected chi connectivity index (χ2v) is 7.84. The first-order valence-corrected chi connectivity index (χ1v) is 9.61. The van der Waals surface area contributed by atoms with Crippen LogP contribution in [0.15, 0.2) is 65.7 Å². The van der Waals surface area contributed by atoms with Crippen molar-refractivity contribution in [2.45, 2.75) is 19.9 Å². The van der Waals surface area contributed by atoms with Crippen LogP contribution < -0.4 is 5.56 Å². The third kappa shape index (κ3) is 3.18. The van der Waals surface area contributed by atoms with Gasteiger partial charge < -0.3 is 0 Å². The Hall–Kier alpha value is -2.43. The van der Waals surface area contributed by atoms with Crippen LogP contribution in [0.25, 0.3) is 21.3 Å². The minimum absolute atomic E-state index is 0.0141. The molecule has 0 spiro atoms. The summed E-state index contributed by atoms with van der Waals surface area (Å²) in [6, 6.07) is 17.8. The normalized spacial score (nSPS) is 11.2. The van der Waals surface area contributed by atoms with Crippen molar-refractivity contribution in [2.24, 2.45) is 0 Å². The van der Waals surface area contributed by atoms with Gasteiger partial charge in [-0.1, -0.05) is 54.1 Å². The maximum absolute atomic E-state index is 13.1. The van der Waals surface area contributed by atoms with E-state index in [4.69, 9.17) is 11.6 Å². The molecule has 0 saturated heterocycles. The maximum Gasteiger partial charge on any atom is 0.262 e. The molecular weight excluding hydrogens is 364 g/mol. The lowest BCUT2D eigenvalue weighted by atomic mass is 10.0. The summed E-state index contributed by atoms with van der Waals surface area (Å²) in [6.07, 6.45) is 2.46. The van der Waals surface area contributed by atoms with Crippen LogP contribution in [0.5, 0.6) is 0 Å². The Morgan fingerprint density at radius 3 is 2.54 bits per heavy atom. The average molecular weight is 381 g/mol. The van der Waals surface area contributed by atoms with Crippen molar-refractivity contribution >= 4 is 33.2 Å². The summed E-state index contributed by atoms with van der Waals surface area (Å²) in [6.45, 7) is 2.64. The number of aromatic nitrogens is 2. The zero-order valence-corrected chi connectivity index (χ0v) is 15.8. The highest BCUT2D eigenvalue weighted by molar-refractivity contribution is 7.19. The van der Waals surface area contributed by atoms with Gasteiger partial charge in [-0.2, -0.15) is 0 Å². The summed E-state index contributed by atoms with van der Waals surface area (Å²) in [5, 5.41) is 1.38. The lowest BCUT2D eigenvalue weighted by Gasteiger charge is -2.07. The zero-order valence-electron chi connectivity index (χ0n) is 14.3. The van der Waals surface area contributed by atoms with E-state index in [-0.39, 0.29) is 5.56 Å². The Morgan fingerprint density at radius 2 is 1.81 bits per heavy atom. The molecule has 0 unspecified atom stereocenters. The monoisotopic (exact) mass is 380 g/mol. The van der Waals surface area contributed by atoms with Crippen molar-refractivity contribution < 1.29 is 0 Å². The van der Waals surface area contributed by atoms with E-state index in [9.17, 15) is 4.79 Å². The number of benzene rings is 2. The highest BCUT2D eigenvalue weighted by atomic mass is 35.5. The molecule has 26 heavy (non-hydrogen) atoms. The van der Waals surface area contributed by atoms with Crippen molar-refractivity contribution in [3.8, 4) is 11.1 Å². The first kappa shape index (κ1) is 17.0. The molecule has 2 aromatic heterocycles. The van der Waals surface area contributed by atoms with Gasteiger partial charge in [-0.3, -0.25) is 9.36 Å². The van der Waals surface area contributed by atoms with E-state index >= 15 is 0 Å². The van der Waals surface area contributed by atoms with Gasteiger partial charge >= 0.3 is 0 Å². The first-order chi connectivity index (χ1) is 12.6. The fourth-order valence-corrected chi connectivity index (χ4v) is 4.28. The average Bonchev–Trinajstić information content (AvgIpc) is 3.00. The van der Waals surface area contributed by atoms with E-state index in [2.05, 4.69) is 17.1 Å². The second-order valence-electron chi connectivity index (χ2n) is 6.20. The molecule has 0 N–H and O–H groups in total. The van der Waals surface area contributed by atoms with Crippen LogP contribution in [-0.4, -0.2) is 9.55 Å². The molecule has 0 aliphatic carbocycles. The molecule has 3 nitrogen and oxygen atoms in total. The van der Waals surface area contributed by atoms with E-state index in [1.165, 1.54) is 5.56 Å². The third-order valence-corrected chi connectivity index (χ3v) is 5.74. The number of thiophene rings is 1. The van der Waals surface area contributed by atoms with Crippen LogP contribution in [0.2, 0.25) is 5.02 Å². The van der Waals surface area contributed by atoms with Crippen LogP contribution in [0.1, 0.15) is 10.4 Å². The SMILES string of the molecule is Cc1sc2ncn(CCc3ccccc3)c(=O)c2c1-c1ccc(Cl)cc1. The van der Waals surface area contributed by atoms with Crippen LogP contribution in [0.3, 0.4) is 0 Å². The molecule has 4 aromatic rings. The summed E-state index contributed by atoms with van der Waals surface area (Å²) in [4.78, 5) is 19.5. The Morgan fingerprint density at radius 1 is 1.08 bits per heavy atom. The number of fused-ring (bicyclic) bond motifs is 1. The zero-order chi connectivity index (χ0) is 18.1. The van der Waals surface area contributed by atoms with Crippen LogP contribution >= 0.6 is 22.9 Å². The fourth-order valence-electron chi connectivity index (χ4n) is 3.16. The molecule has 5 heteroatoms. The van der Waals surface area contributed by atoms with E-state index in [1.54, 1.807) is 22.2 Å². The van der Waals surface area contributed by atoms with Crippen molar-refractivity contribution in [3.63, 3.8) is 0 Å². The molecule has 0 saturated carbocycles. The van der Waals surface area contributed by atoms with Gasteiger partial charge in [0.25, 0.3) is 5.56 Å². The van der Waals surface area contributed by atoms with Gasteiger partial charge in [0.1, 0.15) is 4.83 Å². The lowest BCUT2D eigenvalue weighted by Crippen LogP contribution is -2.21. The topological polar surface area (TPSA) is 34.9 Å². The molecule has 0 radical (unpaired) electrons. The predicted octanol–water partition coefficient (Wildman–Crippen LogP) is 5.33. The van der Waals surface area contributed by atoms with Crippen LogP contribution in [0.4, 0.5) is 0 Å². The van der Waals surface area contributed by atoms with E-state index < -0.39 is 0 Å². The van der Waals surface area contributed by atoms with Crippen molar-refractivity contribution in [3.05, 3.63) is 86.7 Å². The summed E-state index contributed by atoms with van der Waals surface area (Å²) >= 11 is 7.57. The molecule has 0 fully saturated rings. The second kappa shape index (κ2) is 7.06. The maximum atomic E-state index is 13.1. The quantitative estimate of drug-likeness (QED) is 0.479. The molecule has 0 bridgehead atoms. The molecule has 0 atom stereocenters. The number of rotatable bonds is 4. The number of halogens is 1. The van der Waals surface area contributed by atoms with Crippen molar-refractivity contribution in [1.29, 1.82) is 0 Å². The van der Waals surface area contributed by atoms with Gasteiger partial charge in [0, 0.05) is 22.0 Å². The van der Waals surface area contributed by atoms with Crippen molar-refractivity contribution in [2.75, 3.05) is 0 Å². The minimum atomic E-state index is 0.0141. The highest BCUT2D eigenvalue weighted by Gasteiger charge is 2.16. The number of aryl methyl sites for hydroxylation is 3. The van der Waals surface area contributed by atoms with Gasteiger partial charge in [-0.15, -0.1) is 11.3 Å². The van der Waals surface area contributed by atoms with E-state index in [0.29, 0.717) is 17.0 Å². The molecule has 130 valence electrons. The standard InChI is InChI=1S/C21H17ClN2OS/c1-14-18(16-7-9-17(22)10-8-16)19-20(26-14)23-13-24(21(19)25)12-11-15-5-3-2-4-6-15/h2-10,13H,11-12H2,1H3. The van der Waals surface area contributed by atoms with Gasteiger partial charge in [-0.25, -0.2) is 4.98 Å². The Bertz CT molecular complexity index is 1110. The third-order valence-electron chi connectivity index (χ3n) is 4.47. The summed E-state index contributed by atoms with van der Waals surface area (Å²) in [7, 11) is 0. The molecule has 0 aliphatic rings. The summed E-state index contributed by atoms with van der Waals surface area (Å²) < 4.78 is 1.71. The van der Waals surface area contributed by atoms with Gasteiger partial charge in [0.05, 0.1) is 11.7 Å². The summed E-state index contributed by atoms with van der Waals surface area (Å²) in [5.74, 6) is 0. The molecule has 4 rings (SSSR count). The predicted molar refractivity (Wildman–Crippen MR) is 109 cm³/mol. The number of nitrogens with zero attached hydrogens (tertiary/aromatic N) is 2. The Labute approximate surface area is 160 Å². The largest absolute Gasteiger partial charge is 0.298 e. The molecule has 0 aliphatic heterocycles. The lowest BCUT2D eigenvalue weighted by molar-refractivity contribution is 0.663. The summed E-state index contributed by atoms with van der Waals surface area (Å²) in [5.41, 5.74) is 3.19. The Kier molecular flexibility index (Phi) is 4.62. The molecule has 0 amide bonds. The first-order valence-electron chi connectivity index (χ1n) is 8.42. The number of hydrogen-bond acceptors (Lipinski definition) is 3. The van der Waals surface area contributed by atoms with Crippen LogP contribution in [0, 0.1) is 6.92 Å². The minimum Gasteiger partial charge on any atom is -0.298 e. The molecule has 2 aromatic carbocycles. The number of hydrogen-bond donors (Lipinski definition) is 0. The fraction of sp³-hybridized carbons (Fsp3) is 0.143. The Balaban J connectivity index is 1.78. The van der Waals surface area contributed by atoms with E-state index in [0.717, 1.165) is 27.3 Å². The highest BCUT2D eigenvalue weighted by Crippen LogP contribution is 2.35. The van der Waals surface area contributed by atoms with Crippen LogP contribution in [-0.2, 0) is 13.0 Å². The van der Waals surface area contributed by atoms with Gasteiger partial charge in [0.2, 0.25) is 0 Å². The smallest absolute Gasteiger partial charge is 0.262 e. The van der Waals surface area contributed by atoms with Gasteiger partial charge in [0.15, 0.2) is 0 Å². The van der Waals surface area contributed by atoms with Crippen molar-refractivity contribution in [1.82, 2.24) is 9.55 Å². The van der Waals surface area contributed by atoms with E-state index in [1.807, 2.05) is 49.4 Å². The van der Waals surface area contributed by atoms with Gasteiger partial charge in [-0.05, 0) is 36.6 Å².